The van der Waals surface area contributed by atoms with Crippen molar-refractivity contribution < 1.29 is 19.1 Å². The Morgan fingerprint density at radius 3 is 2.40 bits per heavy atom. The van der Waals surface area contributed by atoms with E-state index in [2.05, 4.69) is 16.0 Å². The number of nitrogens with one attached hydrogen (secondary N) is 3. The molecule has 2 saturated carbocycles. The molecule has 186 valence electrons. The van der Waals surface area contributed by atoms with E-state index >= 15 is 0 Å². The number of morpholine rings is 1. The molecule has 1 aromatic carbocycles. The summed E-state index contributed by atoms with van der Waals surface area (Å²) in [5.41, 5.74) is 1.41. The summed E-state index contributed by atoms with van der Waals surface area (Å²) in [7, 11) is 0. The van der Waals surface area contributed by atoms with E-state index in [4.69, 9.17) is 16.3 Å². The Hall–Kier alpha value is -2.46. The topological polar surface area (TPSA) is 99.8 Å². The number of ether oxygens (including phenoxy) is 1. The van der Waals surface area contributed by atoms with E-state index in [0.717, 1.165) is 5.69 Å². The summed E-state index contributed by atoms with van der Waals surface area (Å²) in [5, 5.41) is 9.43. The fourth-order valence-electron chi connectivity index (χ4n) is 4.49. The molecule has 1 saturated heterocycles. The smallest absolute Gasteiger partial charge is 0.261 e. The number of benzene rings is 1. The van der Waals surface area contributed by atoms with E-state index in [1.54, 1.807) is 29.2 Å². The molecule has 2 heterocycles. The second-order valence-electron chi connectivity index (χ2n) is 9.37. The van der Waals surface area contributed by atoms with Crippen LogP contribution >= 0.6 is 22.9 Å². The highest BCUT2D eigenvalue weighted by Crippen LogP contribution is 2.44. The van der Waals surface area contributed by atoms with Gasteiger partial charge in [-0.25, -0.2) is 0 Å². The average molecular weight is 517 g/mol. The Morgan fingerprint density at radius 2 is 1.80 bits per heavy atom. The third-order valence-corrected chi connectivity index (χ3v) is 7.90. The largest absolute Gasteiger partial charge is 0.370 e. The zero-order valence-electron chi connectivity index (χ0n) is 19.3. The lowest BCUT2D eigenvalue weighted by Crippen LogP contribution is -2.53. The highest BCUT2D eigenvalue weighted by atomic mass is 35.5. The number of anilines is 2. The molecule has 10 heteroatoms. The van der Waals surface area contributed by atoms with Crippen molar-refractivity contribution >= 4 is 52.0 Å². The van der Waals surface area contributed by atoms with Crippen molar-refractivity contribution in [1.29, 1.82) is 0 Å². The van der Waals surface area contributed by atoms with Crippen LogP contribution < -0.4 is 20.9 Å². The number of rotatable bonds is 10. The molecule has 8 nitrogen and oxygen atoms in total. The minimum absolute atomic E-state index is 0.0775. The van der Waals surface area contributed by atoms with Crippen molar-refractivity contribution in [3.63, 3.8) is 0 Å². The van der Waals surface area contributed by atoms with Gasteiger partial charge in [-0.3, -0.25) is 14.4 Å². The van der Waals surface area contributed by atoms with E-state index < -0.39 is 6.04 Å². The van der Waals surface area contributed by atoms with Gasteiger partial charge in [0.15, 0.2) is 0 Å². The molecule has 35 heavy (non-hydrogen) atoms. The molecule has 2 aromatic rings. The van der Waals surface area contributed by atoms with Crippen LogP contribution in [0.25, 0.3) is 0 Å². The molecule has 1 atom stereocenters. The van der Waals surface area contributed by atoms with Crippen LogP contribution in [0.3, 0.4) is 0 Å². The summed E-state index contributed by atoms with van der Waals surface area (Å²) in [6.45, 7) is 1.27. The molecule has 5 rings (SSSR count). The summed E-state index contributed by atoms with van der Waals surface area (Å²) in [4.78, 5) is 40.2. The zero-order valence-corrected chi connectivity index (χ0v) is 20.9. The predicted octanol–water partition coefficient (Wildman–Crippen LogP) is 3.28. The maximum absolute atomic E-state index is 13.3. The number of halogens is 1. The van der Waals surface area contributed by atoms with Crippen molar-refractivity contribution in [2.24, 2.45) is 11.8 Å². The maximum atomic E-state index is 13.3. The number of hydrogen-bond acceptors (Lipinski definition) is 6. The van der Waals surface area contributed by atoms with E-state index in [1.807, 2.05) is 12.1 Å². The van der Waals surface area contributed by atoms with Crippen LogP contribution in [0.15, 0.2) is 36.4 Å². The van der Waals surface area contributed by atoms with Crippen LogP contribution in [0.4, 0.5) is 11.4 Å². The highest BCUT2D eigenvalue weighted by molar-refractivity contribution is 7.18. The summed E-state index contributed by atoms with van der Waals surface area (Å²) in [6, 6.07) is 10.3. The molecule has 1 aromatic heterocycles. The maximum Gasteiger partial charge on any atom is 0.261 e. The third kappa shape index (κ3) is 6.22. The molecule has 0 bridgehead atoms. The van der Waals surface area contributed by atoms with Gasteiger partial charge >= 0.3 is 0 Å². The number of thiophene rings is 1. The highest BCUT2D eigenvalue weighted by Gasteiger charge is 2.43. The summed E-state index contributed by atoms with van der Waals surface area (Å²) < 4.78 is 5.74. The monoisotopic (exact) mass is 516 g/mol. The Morgan fingerprint density at radius 1 is 1.09 bits per heavy atom. The van der Waals surface area contributed by atoms with Crippen LogP contribution in [-0.2, 0) is 14.3 Å². The normalized spacial score (nSPS) is 19.0. The van der Waals surface area contributed by atoms with Gasteiger partial charge in [-0.1, -0.05) is 11.6 Å². The molecule has 3 aliphatic rings. The summed E-state index contributed by atoms with van der Waals surface area (Å²) >= 11 is 7.18. The Bertz CT molecular complexity index is 1070. The second kappa shape index (κ2) is 10.7. The van der Waals surface area contributed by atoms with Gasteiger partial charge in [-0.2, -0.15) is 0 Å². The second-order valence-corrected chi connectivity index (χ2v) is 11.1. The standard InChI is InChI=1S/C25H29ClN4O4S/c26-21-10-9-20(35-21)25(33)27-13-19(29-23(15-1-2-15)16-3-4-16)24(32)28-17-5-7-18(8-6-17)30-11-12-34-14-22(30)31/h5-10,15-16,19,23,29H,1-4,11-14H2,(H,27,33)(H,28,32)/t19-/m1/s1. The third-order valence-electron chi connectivity index (χ3n) is 6.67. The van der Waals surface area contributed by atoms with Gasteiger partial charge in [0.05, 0.1) is 15.8 Å². The van der Waals surface area contributed by atoms with Crippen molar-refractivity contribution in [3.8, 4) is 0 Å². The van der Waals surface area contributed by atoms with Gasteiger partial charge in [-0.15, -0.1) is 11.3 Å². The van der Waals surface area contributed by atoms with Crippen molar-refractivity contribution in [1.82, 2.24) is 10.6 Å². The fourth-order valence-corrected chi connectivity index (χ4v) is 5.45. The van der Waals surface area contributed by atoms with Crippen molar-refractivity contribution in [2.75, 3.05) is 36.5 Å². The Labute approximate surface area is 213 Å². The van der Waals surface area contributed by atoms with Gasteiger partial charge in [0, 0.05) is 30.5 Å². The number of nitrogens with zero attached hydrogens (tertiary/aromatic N) is 1. The number of hydrogen-bond donors (Lipinski definition) is 3. The zero-order chi connectivity index (χ0) is 24.4. The first kappa shape index (κ1) is 24.2. The molecular formula is C25H29ClN4O4S. The molecule has 3 N–H and O–H groups in total. The van der Waals surface area contributed by atoms with Crippen LogP contribution in [0.2, 0.25) is 4.34 Å². The molecule has 3 amide bonds. The first-order chi connectivity index (χ1) is 17.0. The molecule has 0 unspecified atom stereocenters. The quantitative estimate of drug-likeness (QED) is 0.450. The summed E-state index contributed by atoms with van der Waals surface area (Å²) in [5.74, 6) is 0.697. The number of carbonyl (C=O) groups excluding carboxylic acids is 3. The van der Waals surface area contributed by atoms with E-state index in [-0.39, 0.29) is 30.9 Å². The van der Waals surface area contributed by atoms with Gasteiger partial charge < -0.3 is 25.6 Å². The minimum atomic E-state index is -0.568. The molecular weight excluding hydrogens is 488 g/mol. The van der Waals surface area contributed by atoms with Gasteiger partial charge in [0.2, 0.25) is 5.91 Å². The van der Waals surface area contributed by atoms with Gasteiger partial charge in [0.25, 0.3) is 11.8 Å². The molecule has 3 fully saturated rings. The molecule has 2 aliphatic carbocycles. The SMILES string of the molecule is O=C(NC[C@@H](NC(C1CC1)C1CC1)C(=O)Nc1ccc(N2CCOCC2=O)cc1)c1ccc(Cl)s1. The first-order valence-corrected chi connectivity index (χ1v) is 13.3. The van der Waals surface area contributed by atoms with Gasteiger partial charge in [0.1, 0.15) is 12.6 Å². The lowest BCUT2D eigenvalue weighted by atomic mass is 10.1. The van der Waals surface area contributed by atoms with E-state index in [1.165, 1.54) is 37.0 Å². The Balaban J connectivity index is 1.24. The first-order valence-electron chi connectivity index (χ1n) is 12.1. The average Bonchev–Trinajstić information content (AvgIpc) is 3.79. The van der Waals surface area contributed by atoms with Crippen LogP contribution in [0.5, 0.6) is 0 Å². The molecule has 1 aliphatic heterocycles. The van der Waals surface area contributed by atoms with Crippen molar-refractivity contribution in [3.05, 3.63) is 45.6 Å². The fraction of sp³-hybridized carbons (Fsp3) is 0.480. The van der Waals surface area contributed by atoms with Crippen LogP contribution in [0.1, 0.15) is 35.4 Å². The van der Waals surface area contributed by atoms with E-state index in [9.17, 15) is 14.4 Å². The van der Waals surface area contributed by atoms with Gasteiger partial charge in [-0.05, 0) is 73.9 Å². The predicted molar refractivity (Wildman–Crippen MR) is 136 cm³/mol. The number of carbonyl (C=O) groups is 3. The lowest BCUT2D eigenvalue weighted by Gasteiger charge is -2.27. The minimum Gasteiger partial charge on any atom is -0.370 e. The molecule has 0 radical (unpaired) electrons. The number of amides is 3. The summed E-state index contributed by atoms with van der Waals surface area (Å²) in [6.07, 6.45) is 4.74. The van der Waals surface area contributed by atoms with E-state index in [0.29, 0.717) is 45.9 Å². The van der Waals surface area contributed by atoms with Crippen LogP contribution in [0, 0.1) is 11.8 Å². The Kier molecular flexibility index (Phi) is 7.38. The lowest BCUT2D eigenvalue weighted by molar-refractivity contribution is -0.125. The molecule has 0 spiro atoms. The van der Waals surface area contributed by atoms with Crippen molar-refractivity contribution in [2.45, 2.75) is 37.8 Å². The van der Waals surface area contributed by atoms with Crippen LogP contribution in [-0.4, -0.2) is 56.1 Å².